The molecule has 3 aromatic rings. The van der Waals surface area contributed by atoms with Gasteiger partial charge >= 0.3 is 0 Å². The lowest BCUT2D eigenvalue weighted by Gasteiger charge is -2.28. The Labute approximate surface area is 120 Å². The normalized spacial score (nSPS) is 14.6. The molecule has 0 atom stereocenters. The summed E-state index contributed by atoms with van der Waals surface area (Å²) >= 11 is 6.11. The molecule has 1 aromatic carbocycles. The summed E-state index contributed by atoms with van der Waals surface area (Å²) < 4.78 is 2.06. The van der Waals surface area contributed by atoms with Crippen molar-refractivity contribution in [2.24, 2.45) is 0 Å². The highest BCUT2D eigenvalue weighted by atomic mass is 35.5. The van der Waals surface area contributed by atoms with Crippen molar-refractivity contribution in [3.8, 4) is 0 Å². The van der Waals surface area contributed by atoms with Crippen LogP contribution in [-0.4, -0.2) is 31.5 Å². The van der Waals surface area contributed by atoms with Gasteiger partial charge in [-0.05, 0) is 0 Å². The maximum absolute atomic E-state index is 6.11. The summed E-state index contributed by atoms with van der Waals surface area (Å²) in [5, 5.41) is 18.8. The van der Waals surface area contributed by atoms with Crippen LogP contribution in [0.4, 0.5) is 5.82 Å². The Morgan fingerprint density at radius 3 is 2.75 bits per heavy atom. The van der Waals surface area contributed by atoms with Crippen molar-refractivity contribution >= 4 is 28.2 Å². The minimum absolute atomic E-state index is 0.435. The van der Waals surface area contributed by atoms with Crippen molar-refractivity contribution in [3.05, 3.63) is 41.6 Å². The zero-order valence-corrected chi connectivity index (χ0v) is 11.3. The fourth-order valence-corrected chi connectivity index (χ4v) is 2.74. The lowest BCUT2D eigenvalue weighted by molar-refractivity contribution is 0.555. The Hall–Kier alpha value is -2.21. The summed E-state index contributed by atoms with van der Waals surface area (Å²) in [6.45, 7) is 2.38. The molecule has 0 bridgehead atoms. The predicted molar refractivity (Wildman–Crippen MR) is 75.6 cm³/mol. The first-order valence-corrected chi connectivity index (χ1v) is 6.73. The number of rotatable bonds is 1. The highest BCUT2D eigenvalue weighted by Crippen LogP contribution is 2.29. The molecule has 1 aliphatic rings. The summed E-state index contributed by atoms with van der Waals surface area (Å²) in [6, 6.07) is 7.91. The van der Waals surface area contributed by atoms with Crippen molar-refractivity contribution in [3.63, 3.8) is 0 Å². The Bertz CT molecular complexity index is 783. The lowest BCUT2D eigenvalue weighted by atomic mass is 10.2. The third kappa shape index (κ3) is 1.72. The van der Waals surface area contributed by atoms with Gasteiger partial charge < -0.3 is 9.47 Å². The summed E-state index contributed by atoms with van der Waals surface area (Å²) in [7, 11) is 0. The fraction of sp³-hybridized carbons (Fsp3) is 0.231. The quantitative estimate of drug-likeness (QED) is 0.684. The molecule has 20 heavy (non-hydrogen) atoms. The van der Waals surface area contributed by atoms with Gasteiger partial charge in [0, 0.05) is 23.9 Å². The zero-order valence-electron chi connectivity index (χ0n) is 10.6. The highest BCUT2D eigenvalue weighted by Gasteiger charge is 2.21. The number of hydrogen-bond acceptors (Lipinski definition) is 5. The largest absolute Gasteiger partial charge is 0.345 e. The number of benzene rings is 1. The molecule has 0 amide bonds. The van der Waals surface area contributed by atoms with E-state index in [0.717, 1.165) is 35.5 Å². The molecule has 4 rings (SSSR count). The third-order valence-electron chi connectivity index (χ3n) is 3.56. The van der Waals surface area contributed by atoms with Gasteiger partial charge in [0.15, 0.2) is 16.8 Å². The number of aromatic nitrogens is 5. The van der Waals surface area contributed by atoms with Crippen LogP contribution in [0.25, 0.3) is 10.8 Å². The van der Waals surface area contributed by atoms with Crippen LogP contribution in [0.1, 0.15) is 5.82 Å². The number of hydrogen-bond donors (Lipinski definition) is 0. The molecule has 0 unspecified atom stereocenters. The Kier molecular flexibility index (Phi) is 2.56. The van der Waals surface area contributed by atoms with E-state index in [9.17, 15) is 0 Å². The van der Waals surface area contributed by atoms with Gasteiger partial charge in [0.1, 0.15) is 6.33 Å². The first-order chi connectivity index (χ1) is 9.83. The van der Waals surface area contributed by atoms with E-state index in [1.54, 1.807) is 6.33 Å². The molecule has 0 saturated carbocycles. The average molecular weight is 287 g/mol. The topological polar surface area (TPSA) is 59.7 Å². The molecule has 100 valence electrons. The smallest absolute Gasteiger partial charge is 0.159 e. The van der Waals surface area contributed by atoms with Gasteiger partial charge in [0.05, 0.1) is 6.54 Å². The van der Waals surface area contributed by atoms with Crippen molar-refractivity contribution < 1.29 is 0 Å². The standard InChI is InChI=1S/C13H11ClN6/c14-12-9-3-1-2-4-10(9)13(18-17-12)19-5-6-20-8-15-16-11(20)7-19/h1-4,8H,5-7H2. The molecule has 0 spiro atoms. The SMILES string of the molecule is Clc1nnc(N2CCn3cnnc3C2)c2ccccc12. The molecule has 0 saturated heterocycles. The molecule has 1 aliphatic heterocycles. The molecular formula is C13H11ClN6. The molecule has 2 aromatic heterocycles. The minimum Gasteiger partial charge on any atom is -0.345 e. The molecule has 0 fully saturated rings. The van der Waals surface area contributed by atoms with E-state index >= 15 is 0 Å². The van der Waals surface area contributed by atoms with Crippen LogP contribution in [0.3, 0.4) is 0 Å². The second-order valence-corrected chi connectivity index (χ2v) is 5.08. The van der Waals surface area contributed by atoms with Gasteiger partial charge in [-0.1, -0.05) is 35.9 Å². The first kappa shape index (κ1) is 11.6. The maximum Gasteiger partial charge on any atom is 0.159 e. The van der Waals surface area contributed by atoms with E-state index in [2.05, 4.69) is 29.9 Å². The van der Waals surface area contributed by atoms with Crippen molar-refractivity contribution in [1.82, 2.24) is 25.0 Å². The molecule has 0 N–H and O–H groups in total. The summed E-state index contributed by atoms with van der Waals surface area (Å²) in [6.07, 6.45) is 1.76. The molecule has 0 radical (unpaired) electrons. The predicted octanol–water partition coefficient (Wildman–Crippen LogP) is 1.89. The van der Waals surface area contributed by atoms with Crippen LogP contribution in [-0.2, 0) is 13.1 Å². The Morgan fingerprint density at radius 1 is 1.00 bits per heavy atom. The van der Waals surface area contributed by atoms with Crippen molar-refractivity contribution in [1.29, 1.82) is 0 Å². The number of halogens is 1. The van der Waals surface area contributed by atoms with E-state index in [1.807, 2.05) is 24.3 Å². The average Bonchev–Trinajstić information content (AvgIpc) is 2.95. The van der Waals surface area contributed by atoms with Gasteiger partial charge in [-0.3, -0.25) is 0 Å². The number of anilines is 1. The van der Waals surface area contributed by atoms with Gasteiger partial charge in [0.2, 0.25) is 0 Å². The lowest BCUT2D eigenvalue weighted by Crippen LogP contribution is -2.34. The second-order valence-electron chi connectivity index (χ2n) is 4.72. The summed E-state index contributed by atoms with van der Waals surface area (Å²) in [5.74, 6) is 1.79. The van der Waals surface area contributed by atoms with Gasteiger partial charge in [-0.25, -0.2) is 0 Å². The zero-order chi connectivity index (χ0) is 13.5. The van der Waals surface area contributed by atoms with Crippen LogP contribution in [0.5, 0.6) is 0 Å². The van der Waals surface area contributed by atoms with Crippen LogP contribution >= 0.6 is 11.6 Å². The number of fused-ring (bicyclic) bond motifs is 2. The van der Waals surface area contributed by atoms with E-state index in [0.29, 0.717) is 11.7 Å². The van der Waals surface area contributed by atoms with Gasteiger partial charge in [-0.2, -0.15) is 0 Å². The molecule has 7 heteroatoms. The van der Waals surface area contributed by atoms with Crippen LogP contribution in [0.2, 0.25) is 5.15 Å². The molecule has 0 aliphatic carbocycles. The highest BCUT2D eigenvalue weighted by molar-refractivity contribution is 6.34. The van der Waals surface area contributed by atoms with Crippen molar-refractivity contribution in [2.45, 2.75) is 13.1 Å². The van der Waals surface area contributed by atoms with Gasteiger partial charge in [-0.15, -0.1) is 20.4 Å². The van der Waals surface area contributed by atoms with Crippen LogP contribution in [0, 0.1) is 0 Å². The van der Waals surface area contributed by atoms with E-state index < -0.39 is 0 Å². The molecule has 3 heterocycles. The van der Waals surface area contributed by atoms with Crippen molar-refractivity contribution in [2.75, 3.05) is 11.4 Å². The van der Waals surface area contributed by atoms with Crippen LogP contribution in [0.15, 0.2) is 30.6 Å². The molecular weight excluding hydrogens is 276 g/mol. The summed E-state index contributed by atoms with van der Waals surface area (Å²) in [4.78, 5) is 2.16. The minimum atomic E-state index is 0.435. The monoisotopic (exact) mass is 286 g/mol. The third-order valence-corrected chi connectivity index (χ3v) is 3.84. The first-order valence-electron chi connectivity index (χ1n) is 6.35. The fourth-order valence-electron chi connectivity index (χ4n) is 2.54. The van der Waals surface area contributed by atoms with Gasteiger partial charge in [0.25, 0.3) is 0 Å². The van der Waals surface area contributed by atoms with E-state index in [4.69, 9.17) is 11.6 Å². The Morgan fingerprint density at radius 2 is 1.85 bits per heavy atom. The summed E-state index contributed by atoms with van der Waals surface area (Å²) in [5.41, 5.74) is 0. The van der Waals surface area contributed by atoms with E-state index in [-0.39, 0.29) is 0 Å². The number of nitrogens with zero attached hydrogens (tertiary/aromatic N) is 6. The molecule has 6 nitrogen and oxygen atoms in total. The second kappa shape index (κ2) is 4.42. The maximum atomic E-state index is 6.11. The Balaban J connectivity index is 1.82. The van der Waals surface area contributed by atoms with E-state index in [1.165, 1.54) is 0 Å². The van der Waals surface area contributed by atoms with Crippen LogP contribution < -0.4 is 4.90 Å².